The van der Waals surface area contributed by atoms with E-state index in [9.17, 15) is 0 Å². The predicted octanol–water partition coefficient (Wildman–Crippen LogP) is 5.33. The summed E-state index contributed by atoms with van der Waals surface area (Å²) in [5.74, 6) is 0. The van der Waals surface area contributed by atoms with Gasteiger partial charge in [-0.3, -0.25) is 0 Å². The van der Waals surface area contributed by atoms with Gasteiger partial charge in [0.15, 0.2) is 0 Å². The van der Waals surface area contributed by atoms with E-state index in [0.29, 0.717) is 0 Å². The van der Waals surface area contributed by atoms with E-state index in [-0.39, 0.29) is 25.8 Å². The van der Waals surface area contributed by atoms with Gasteiger partial charge in [0.05, 0.1) is 0 Å². The first-order chi connectivity index (χ1) is 11.7. The molecule has 0 bridgehead atoms. The summed E-state index contributed by atoms with van der Waals surface area (Å²) >= 11 is 0. The Bertz CT molecular complexity index is 428. The van der Waals surface area contributed by atoms with Crippen molar-refractivity contribution < 1.29 is 36.1 Å². The van der Waals surface area contributed by atoms with Gasteiger partial charge < -0.3 is 10.2 Å². The van der Waals surface area contributed by atoms with Gasteiger partial charge in [-0.1, -0.05) is 66.2 Å². The Kier molecular flexibility index (Phi) is 25.2. The van der Waals surface area contributed by atoms with Crippen molar-refractivity contribution in [3.63, 3.8) is 0 Å². The van der Waals surface area contributed by atoms with E-state index < -0.39 is 0 Å². The number of aliphatic hydroxyl groups is 2. The Labute approximate surface area is 174 Å². The maximum absolute atomic E-state index is 7.00. The number of aliphatic hydroxyl groups excluding tert-OH is 2. The SMILES string of the molecule is CCCCc1cc[c-](C)c1.CCCCc1cc[c-](C)c1.CO.CO.[Hf]. The Balaban J connectivity index is -0.000000312. The van der Waals surface area contributed by atoms with E-state index in [4.69, 9.17) is 10.2 Å². The molecule has 2 nitrogen and oxygen atoms in total. The third-order valence-electron chi connectivity index (χ3n) is 3.58. The molecule has 0 aliphatic heterocycles. The molecule has 0 spiro atoms. The van der Waals surface area contributed by atoms with Gasteiger partial charge in [-0.15, -0.1) is 0 Å². The topological polar surface area (TPSA) is 40.5 Å². The predicted molar refractivity (Wildman–Crippen MR) is 107 cm³/mol. The van der Waals surface area contributed by atoms with E-state index >= 15 is 0 Å². The molecule has 2 aromatic rings. The second-order valence-electron chi connectivity index (χ2n) is 5.80. The number of rotatable bonds is 6. The summed E-state index contributed by atoms with van der Waals surface area (Å²) in [6.45, 7) is 8.76. The maximum Gasteiger partial charge on any atom is 0.0319 e. The minimum Gasteiger partial charge on any atom is -0.400 e. The first-order valence-corrected chi connectivity index (χ1v) is 8.99. The van der Waals surface area contributed by atoms with Crippen LogP contribution in [0.4, 0.5) is 0 Å². The van der Waals surface area contributed by atoms with Crippen molar-refractivity contribution in [2.45, 2.75) is 66.2 Å². The number of aryl methyl sites for hydroxylation is 4. The second kappa shape index (κ2) is 21.5. The van der Waals surface area contributed by atoms with Crippen LogP contribution in [0.3, 0.4) is 0 Å². The molecular weight excluding hydrogens is 475 g/mol. The summed E-state index contributed by atoms with van der Waals surface area (Å²) in [6, 6.07) is 13.4. The molecule has 0 aliphatic carbocycles. The minimum absolute atomic E-state index is 0. The fraction of sp³-hybridized carbons (Fsp3) is 0.545. The molecule has 0 saturated heterocycles. The van der Waals surface area contributed by atoms with Gasteiger partial charge in [-0.05, 0) is 0 Å². The van der Waals surface area contributed by atoms with Crippen molar-refractivity contribution in [3.05, 3.63) is 58.7 Å². The normalized spacial score (nSPS) is 8.64. The van der Waals surface area contributed by atoms with Crippen molar-refractivity contribution >= 4 is 0 Å². The summed E-state index contributed by atoms with van der Waals surface area (Å²) in [7, 11) is 2.00. The molecule has 2 N–H and O–H groups in total. The Morgan fingerprint density at radius 2 is 1.04 bits per heavy atom. The van der Waals surface area contributed by atoms with Gasteiger partial charge in [0, 0.05) is 40.1 Å². The third-order valence-corrected chi connectivity index (χ3v) is 3.58. The van der Waals surface area contributed by atoms with E-state index in [2.05, 4.69) is 64.1 Å². The zero-order valence-electron chi connectivity index (χ0n) is 17.1. The van der Waals surface area contributed by atoms with Crippen LogP contribution in [0.2, 0.25) is 0 Å². The molecule has 2 aromatic carbocycles. The largest absolute Gasteiger partial charge is 0.400 e. The van der Waals surface area contributed by atoms with Gasteiger partial charge in [-0.2, -0.15) is 46.5 Å². The Hall–Kier alpha value is -0.510. The van der Waals surface area contributed by atoms with Crippen molar-refractivity contribution in [2.24, 2.45) is 0 Å². The van der Waals surface area contributed by atoms with Crippen LogP contribution in [-0.2, 0) is 38.7 Å². The van der Waals surface area contributed by atoms with Crippen LogP contribution in [0.1, 0.15) is 61.8 Å². The average molecular weight is 513 g/mol. The number of hydrogen-bond donors (Lipinski definition) is 2. The van der Waals surface area contributed by atoms with Crippen LogP contribution >= 0.6 is 0 Å². The molecular formula is C22H38HfO2-2. The second-order valence-corrected chi connectivity index (χ2v) is 5.80. The quantitative estimate of drug-likeness (QED) is 0.406. The number of unbranched alkanes of at least 4 members (excludes halogenated alkanes) is 2. The van der Waals surface area contributed by atoms with Crippen LogP contribution in [0.25, 0.3) is 0 Å². The summed E-state index contributed by atoms with van der Waals surface area (Å²) in [5, 5.41) is 14.0. The van der Waals surface area contributed by atoms with Crippen LogP contribution in [-0.4, -0.2) is 24.4 Å². The van der Waals surface area contributed by atoms with Gasteiger partial charge in [0.25, 0.3) is 0 Å². The zero-order valence-corrected chi connectivity index (χ0v) is 20.7. The number of hydrogen-bond acceptors (Lipinski definition) is 2. The molecule has 0 aliphatic rings. The Morgan fingerprint density at radius 3 is 1.24 bits per heavy atom. The summed E-state index contributed by atoms with van der Waals surface area (Å²) in [6.07, 6.45) is 7.75. The van der Waals surface area contributed by atoms with E-state index in [1.165, 1.54) is 60.8 Å². The maximum atomic E-state index is 7.00. The molecule has 0 heterocycles. The van der Waals surface area contributed by atoms with Crippen LogP contribution in [0, 0.1) is 13.8 Å². The third kappa shape index (κ3) is 16.7. The summed E-state index contributed by atoms with van der Waals surface area (Å²) in [5.41, 5.74) is 5.79. The molecule has 0 unspecified atom stereocenters. The molecule has 0 amide bonds. The molecule has 3 heteroatoms. The molecule has 0 fully saturated rings. The van der Waals surface area contributed by atoms with Gasteiger partial charge >= 0.3 is 0 Å². The molecule has 2 rings (SSSR count). The fourth-order valence-corrected chi connectivity index (χ4v) is 2.33. The first-order valence-electron chi connectivity index (χ1n) is 8.99. The fourth-order valence-electron chi connectivity index (χ4n) is 2.33. The van der Waals surface area contributed by atoms with Crippen molar-refractivity contribution in [3.8, 4) is 0 Å². The standard InChI is InChI=1S/2C10H15.2CH4O.Hf/c2*1-3-4-5-10-7-6-9(2)8-10;2*1-2;/h2*6-8H,3-5H2,1-2H3;2*2H,1H3;/q2*-1;;;. The average Bonchev–Trinajstić information content (AvgIpc) is 3.23. The van der Waals surface area contributed by atoms with Gasteiger partial charge in [0.2, 0.25) is 0 Å². The Morgan fingerprint density at radius 1 is 0.720 bits per heavy atom. The van der Waals surface area contributed by atoms with E-state index in [1.807, 2.05) is 0 Å². The van der Waals surface area contributed by atoms with E-state index in [1.54, 1.807) is 0 Å². The summed E-state index contributed by atoms with van der Waals surface area (Å²) < 4.78 is 0. The van der Waals surface area contributed by atoms with Crippen molar-refractivity contribution in [1.29, 1.82) is 0 Å². The summed E-state index contributed by atoms with van der Waals surface area (Å²) in [4.78, 5) is 0. The van der Waals surface area contributed by atoms with Crippen LogP contribution in [0.5, 0.6) is 0 Å². The minimum atomic E-state index is 0. The van der Waals surface area contributed by atoms with E-state index in [0.717, 1.165) is 14.2 Å². The zero-order chi connectivity index (χ0) is 18.8. The molecule has 0 radical (unpaired) electrons. The van der Waals surface area contributed by atoms with Crippen LogP contribution < -0.4 is 0 Å². The smallest absolute Gasteiger partial charge is 0.0319 e. The molecule has 0 aromatic heterocycles. The van der Waals surface area contributed by atoms with Gasteiger partial charge in [-0.25, -0.2) is 12.1 Å². The monoisotopic (exact) mass is 514 g/mol. The van der Waals surface area contributed by atoms with Gasteiger partial charge in [0.1, 0.15) is 0 Å². The van der Waals surface area contributed by atoms with Crippen LogP contribution in [0.15, 0.2) is 36.4 Å². The molecule has 0 saturated carbocycles. The molecule has 25 heavy (non-hydrogen) atoms. The molecule has 0 atom stereocenters. The first kappa shape index (κ1) is 29.3. The van der Waals surface area contributed by atoms with Crippen molar-refractivity contribution in [1.82, 2.24) is 0 Å². The molecule has 144 valence electrons. The van der Waals surface area contributed by atoms with Crippen molar-refractivity contribution in [2.75, 3.05) is 14.2 Å².